The largest absolute Gasteiger partial charge is 0.416 e. The number of aromatic amines is 1. The molecule has 2 aromatic rings. The molecule has 1 unspecified atom stereocenters. The number of hydrogen-bond acceptors (Lipinski definition) is 2. The maximum absolute atomic E-state index is 12.7. The number of alkyl halides is 3. The van der Waals surface area contributed by atoms with Gasteiger partial charge in [0.15, 0.2) is 0 Å². The van der Waals surface area contributed by atoms with Crippen LogP contribution >= 0.6 is 0 Å². The average molecular weight is 297 g/mol. The van der Waals surface area contributed by atoms with E-state index in [1.807, 2.05) is 0 Å². The predicted molar refractivity (Wildman–Crippen MR) is 75.6 cm³/mol. The zero-order valence-electron chi connectivity index (χ0n) is 12.0. The lowest BCUT2D eigenvalue weighted by molar-refractivity contribution is -0.137. The molecule has 1 aromatic heterocycles. The van der Waals surface area contributed by atoms with E-state index in [1.54, 1.807) is 12.3 Å². The van der Waals surface area contributed by atoms with Crippen molar-refractivity contribution < 1.29 is 13.2 Å². The number of imidazole rings is 1. The topological polar surface area (TPSA) is 40.7 Å². The van der Waals surface area contributed by atoms with Crippen molar-refractivity contribution in [3.8, 4) is 11.3 Å². The molecule has 2 N–H and O–H groups in total. The zero-order valence-corrected chi connectivity index (χ0v) is 12.0. The van der Waals surface area contributed by atoms with Crippen LogP contribution in [0, 0.1) is 0 Å². The Bertz CT molecular complexity index is 590. The molecule has 0 bridgehead atoms. The Labute approximate surface area is 121 Å². The molecule has 0 amide bonds. The number of halogens is 3. The van der Waals surface area contributed by atoms with Crippen LogP contribution in [0.15, 0.2) is 30.5 Å². The summed E-state index contributed by atoms with van der Waals surface area (Å²) in [6, 6.07) is 5.59. The highest BCUT2D eigenvalue weighted by atomic mass is 19.4. The van der Waals surface area contributed by atoms with E-state index in [1.165, 1.54) is 6.07 Å². The van der Waals surface area contributed by atoms with Gasteiger partial charge in [0.1, 0.15) is 5.82 Å². The van der Waals surface area contributed by atoms with Gasteiger partial charge < -0.3 is 10.3 Å². The third-order valence-electron chi connectivity index (χ3n) is 3.36. The van der Waals surface area contributed by atoms with Gasteiger partial charge in [-0.1, -0.05) is 19.1 Å². The Morgan fingerprint density at radius 1 is 1.33 bits per heavy atom. The number of nitrogens with zero attached hydrogens (tertiary/aromatic N) is 1. The van der Waals surface area contributed by atoms with E-state index in [2.05, 4.69) is 29.1 Å². The van der Waals surface area contributed by atoms with Crippen molar-refractivity contribution in [2.75, 3.05) is 0 Å². The van der Waals surface area contributed by atoms with Crippen LogP contribution in [0.5, 0.6) is 0 Å². The van der Waals surface area contributed by atoms with Gasteiger partial charge in [0.25, 0.3) is 0 Å². The molecule has 0 saturated carbocycles. The van der Waals surface area contributed by atoms with Crippen molar-refractivity contribution in [2.45, 2.75) is 39.0 Å². The van der Waals surface area contributed by atoms with Crippen molar-refractivity contribution in [3.63, 3.8) is 0 Å². The third-order valence-corrected chi connectivity index (χ3v) is 3.36. The van der Waals surface area contributed by atoms with Gasteiger partial charge in [-0.3, -0.25) is 0 Å². The van der Waals surface area contributed by atoms with Crippen LogP contribution in [0.3, 0.4) is 0 Å². The summed E-state index contributed by atoms with van der Waals surface area (Å²) in [5.74, 6) is 0.711. The highest BCUT2D eigenvalue weighted by Crippen LogP contribution is 2.31. The molecular formula is C15H18F3N3. The molecule has 0 aliphatic rings. The molecule has 0 aliphatic carbocycles. The Morgan fingerprint density at radius 2 is 2.10 bits per heavy atom. The maximum atomic E-state index is 12.7. The SMILES string of the molecule is CCC(C)NCc1ncc(-c2cccc(C(F)(F)F)c2)[nH]1. The molecule has 0 spiro atoms. The minimum atomic E-state index is -4.34. The quantitative estimate of drug-likeness (QED) is 0.876. The van der Waals surface area contributed by atoms with Crippen molar-refractivity contribution in [1.29, 1.82) is 0 Å². The van der Waals surface area contributed by atoms with Crippen molar-refractivity contribution in [3.05, 3.63) is 41.9 Å². The van der Waals surface area contributed by atoms with Gasteiger partial charge in [-0.05, 0) is 25.5 Å². The fraction of sp³-hybridized carbons (Fsp3) is 0.400. The molecule has 0 aliphatic heterocycles. The van der Waals surface area contributed by atoms with Crippen LogP contribution in [0.25, 0.3) is 11.3 Å². The summed E-state index contributed by atoms with van der Waals surface area (Å²) in [5, 5.41) is 3.28. The Balaban J connectivity index is 2.14. The van der Waals surface area contributed by atoms with Gasteiger partial charge in [0.2, 0.25) is 0 Å². The van der Waals surface area contributed by atoms with Crippen LogP contribution < -0.4 is 5.32 Å². The van der Waals surface area contributed by atoms with Crippen molar-refractivity contribution in [1.82, 2.24) is 15.3 Å². The molecule has 1 atom stereocenters. The summed E-state index contributed by atoms with van der Waals surface area (Å²) >= 11 is 0. The van der Waals surface area contributed by atoms with Crippen LogP contribution in [0.4, 0.5) is 13.2 Å². The summed E-state index contributed by atoms with van der Waals surface area (Å²) < 4.78 is 38.1. The van der Waals surface area contributed by atoms with Gasteiger partial charge in [0, 0.05) is 11.6 Å². The zero-order chi connectivity index (χ0) is 15.5. The number of hydrogen-bond donors (Lipinski definition) is 2. The van der Waals surface area contributed by atoms with E-state index >= 15 is 0 Å². The molecule has 21 heavy (non-hydrogen) atoms. The maximum Gasteiger partial charge on any atom is 0.416 e. The second-order valence-electron chi connectivity index (χ2n) is 5.01. The minimum Gasteiger partial charge on any atom is -0.341 e. The van der Waals surface area contributed by atoms with Crippen LogP contribution in [0.2, 0.25) is 0 Å². The fourth-order valence-electron chi connectivity index (χ4n) is 1.88. The summed E-state index contributed by atoms with van der Waals surface area (Å²) in [6.07, 6.45) is -1.78. The van der Waals surface area contributed by atoms with Crippen molar-refractivity contribution in [2.24, 2.45) is 0 Å². The third kappa shape index (κ3) is 4.07. The standard InChI is InChI=1S/C15H18F3N3/c1-3-10(2)19-9-14-20-8-13(21-14)11-5-4-6-12(7-11)15(16,17)18/h4-8,10,19H,3,9H2,1-2H3,(H,20,21). The minimum absolute atomic E-state index is 0.368. The van der Waals surface area contributed by atoms with E-state index in [-0.39, 0.29) is 0 Å². The van der Waals surface area contributed by atoms with E-state index in [4.69, 9.17) is 0 Å². The Morgan fingerprint density at radius 3 is 2.76 bits per heavy atom. The monoisotopic (exact) mass is 297 g/mol. The summed E-state index contributed by atoms with van der Waals surface area (Å²) in [5.41, 5.74) is 0.406. The first-order valence-corrected chi connectivity index (χ1v) is 6.85. The molecule has 0 saturated heterocycles. The molecule has 0 fully saturated rings. The molecule has 3 nitrogen and oxygen atoms in total. The Kier molecular flexibility index (Phi) is 4.67. The van der Waals surface area contributed by atoms with Crippen LogP contribution in [-0.2, 0) is 12.7 Å². The normalized spacial score (nSPS) is 13.4. The van der Waals surface area contributed by atoms with Crippen molar-refractivity contribution >= 4 is 0 Å². The lowest BCUT2D eigenvalue weighted by Crippen LogP contribution is -2.24. The first kappa shape index (κ1) is 15.6. The highest BCUT2D eigenvalue weighted by molar-refractivity contribution is 5.59. The summed E-state index contributed by atoms with van der Waals surface area (Å²) in [4.78, 5) is 7.24. The molecular weight excluding hydrogens is 279 g/mol. The summed E-state index contributed by atoms with van der Waals surface area (Å²) in [7, 11) is 0. The van der Waals surface area contributed by atoms with Gasteiger partial charge in [-0.15, -0.1) is 0 Å². The predicted octanol–water partition coefficient (Wildman–Crippen LogP) is 3.98. The molecule has 6 heteroatoms. The number of H-pyrrole nitrogens is 1. The first-order valence-electron chi connectivity index (χ1n) is 6.85. The summed E-state index contributed by atoms with van der Waals surface area (Å²) in [6.45, 7) is 4.71. The van der Waals surface area contributed by atoms with Crippen LogP contribution in [0.1, 0.15) is 31.7 Å². The van der Waals surface area contributed by atoms with Gasteiger partial charge >= 0.3 is 6.18 Å². The smallest absolute Gasteiger partial charge is 0.341 e. The fourth-order valence-corrected chi connectivity index (χ4v) is 1.88. The first-order chi connectivity index (χ1) is 9.90. The lowest BCUT2D eigenvalue weighted by atomic mass is 10.1. The number of aromatic nitrogens is 2. The second-order valence-corrected chi connectivity index (χ2v) is 5.01. The second kappa shape index (κ2) is 6.30. The Hall–Kier alpha value is -1.82. The van der Waals surface area contributed by atoms with E-state index < -0.39 is 11.7 Å². The van der Waals surface area contributed by atoms with E-state index in [0.717, 1.165) is 18.6 Å². The average Bonchev–Trinajstić information content (AvgIpc) is 2.93. The lowest BCUT2D eigenvalue weighted by Gasteiger charge is -2.09. The van der Waals surface area contributed by atoms with Gasteiger partial charge in [-0.2, -0.15) is 13.2 Å². The van der Waals surface area contributed by atoms with Gasteiger partial charge in [-0.25, -0.2) is 4.98 Å². The molecule has 2 rings (SSSR count). The number of nitrogens with one attached hydrogen (secondary N) is 2. The van der Waals surface area contributed by atoms with E-state index in [9.17, 15) is 13.2 Å². The molecule has 0 radical (unpaired) electrons. The molecule has 1 heterocycles. The molecule has 1 aromatic carbocycles. The van der Waals surface area contributed by atoms with Gasteiger partial charge in [0.05, 0.1) is 24.0 Å². The molecule has 114 valence electrons. The van der Waals surface area contributed by atoms with E-state index in [0.29, 0.717) is 29.7 Å². The van der Waals surface area contributed by atoms with Crippen LogP contribution in [-0.4, -0.2) is 16.0 Å². The highest BCUT2D eigenvalue weighted by Gasteiger charge is 2.30. The number of benzene rings is 1. The number of rotatable bonds is 5.